The number of rotatable bonds is 4. The minimum atomic E-state index is 0.0831. The van der Waals surface area contributed by atoms with Gasteiger partial charge in [-0.2, -0.15) is 0 Å². The Morgan fingerprint density at radius 1 is 1.65 bits per heavy atom. The number of nitrogens with zero attached hydrogens (tertiary/aromatic N) is 1. The molecule has 1 saturated heterocycles. The van der Waals surface area contributed by atoms with Crippen molar-refractivity contribution in [3.05, 3.63) is 22.4 Å². The second kappa shape index (κ2) is 5.62. The molecule has 2 unspecified atom stereocenters. The van der Waals surface area contributed by atoms with Crippen LogP contribution in [-0.2, 0) is 11.3 Å². The fraction of sp³-hybridized carbons (Fsp3) is 0.583. The summed E-state index contributed by atoms with van der Waals surface area (Å²) in [5, 5.41) is 4.95. The first-order valence-corrected chi connectivity index (χ1v) is 6.80. The van der Waals surface area contributed by atoms with Crippen molar-refractivity contribution in [3.63, 3.8) is 0 Å². The first kappa shape index (κ1) is 12.5. The van der Waals surface area contributed by atoms with Crippen molar-refractivity contribution in [1.82, 2.24) is 10.2 Å². The van der Waals surface area contributed by atoms with Gasteiger partial charge in [0.15, 0.2) is 0 Å². The molecular formula is C12H19N3OS. The predicted octanol–water partition coefficient (Wildman–Crippen LogP) is 0.643. The highest BCUT2D eigenvalue weighted by Gasteiger charge is 2.27. The van der Waals surface area contributed by atoms with Gasteiger partial charge in [0.1, 0.15) is 0 Å². The molecule has 2 heterocycles. The topological polar surface area (TPSA) is 58.4 Å². The molecule has 5 heteroatoms. The first-order chi connectivity index (χ1) is 8.15. The summed E-state index contributed by atoms with van der Waals surface area (Å²) in [6.45, 7) is 4.98. The standard InChI is InChI=1S/C12H19N3OS/c1-9-6-15(7-11(9)13)8-12(16)14-5-10-3-2-4-17-10/h2-4,9,11H,5-8,13H2,1H3,(H,14,16). The van der Waals surface area contributed by atoms with Crippen molar-refractivity contribution < 1.29 is 4.79 Å². The Balaban J connectivity index is 1.71. The van der Waals surface area contributed by atoms with E-state index in [-0.39, 0.29) is 11.9 Å². The van der Waals surface area contributed by atoms with Crippen molar-refractivity contribution in [3.8, 4) is 0 Å². The second-order valence-electron chi connectivity index (χ2n) is 4.69. The van der Waals surface area contributed by atoms with Crippen molar-refractivity contribution in [2.24, 2.45) is 11.7 Å². The Hall–Kier alpha value is -0.910. The van der Waals surface area contributed by atoms with E-state index in [1.54, 1.807) is 11.3 Å². The van der Waals surface area contributed by atoms with Gasteiger partial charge in [-0.1, -0.05) is 13.0 Å². The lowest BCUT2D eigenvalue weighted by molar-refractivity contribution is -0.122. The van der Waals surface area contributed by atoms with E-state index in [0.29, 0.717) is 19.0 Å². The Morgan fingerprint density at radius 3 is 3.06 bits per heavy atom. The molecule has 0 saturated carbocycles. The summed E-state index contributed by atoms with van der Waals surface area (Å²) in [7, 11) is 0. The average molecular weight is 253 g/mol. The highest BCUT2D eigenvalue weighted by molar-refractivity contribution is 7.09. The van der Waals surface area contributed by atoms with Crippen LogP contribution in [0.15, 0.2) is 17.5 Å². The van der Waals surface area contributed by atoms with Crippen LogP contribution in [0.4, 0.5) is 0 Å². The number of amides is 1. The van der Waals surface area contributed by atoms with E-state index in [4.69, 9.17) is 5.73 Å². The lowest BCUT2D eigenvalue weighted by atomic mass is 10.1. The Labute approximate surface area is 106 Å². The van der Waals surface area contributed by atoms with Crippen LogP contribution in [0.2, 0.25) is 0 Å². The molecule has 0 aliphatic carbocycles. The van der Waals surface area contributed by atoms with Crippen LogP contribution in [-0.4, -0.2) is 36.5 Å². The number of likely N-dealkylation sites (tertiary alicyclic amines) is 1. The minimum absolute atomic E-state index is 0.0831. The van der Waals surface area contributed by atoms with E-state index in [1.807, 2.05) is 17.5 Å². The van der Waals surface area contributed by atoms with E-state index < -0.39 is 0 Å². The molecule has 1 aliphatic heterocycles. The molecule has 2 atom stereocenters. The van der Waals surface area contributed by atoms with Crippen molar-refractivity contribution in [2.75, 3.05) is 19.6 Å². The van der Waals surface area contributed by atoms with Crippen LogP contribution < -0.4 is 11.1 Å². The van der Waals surface area contributed by atoms with Crippen LogP contribution >= 0.6 is 11.3 Å². The molecule has 0 bridgehead atoms. The van der Waals surface area contributed by atoms with Crippen LogP contribution in [0, 0.1) is 5.92 Å². The zero-order valence-corrected chi connectivity index (χ0v) is 10.9. The number of hydrogen-bond donors (Lipinski definition) is 2. The first-order valence-electron chi connectivity index (χ1n) is 5.92. The summed E-state index contributed by atoms with van der Waals surface area (Å²) in [5.41, 5.74) is 5.92. The van der Waals surface area contributed by atoms with Crippen molar-refractivity contribution in [2.45, 2.75) is 19.5 Å². The third-order valence-electron chi connectivity index (χ3n) is 3.15. The van der Waals surface area contributed by atoms with Gasteiger partial charge in [0.25, 0.3) is 0 Å². The summed E-state index contributed by atoms with van der Waals surface area (Å²) < 4.78 is 0. The molecule has 1 fully saturated rings. The predicted molar refractivity (Wildman–Crippen MR) is 69.7 cm³/mol. The molecule has 0 spiro atoms. The van der Waals surface area contributed by atoms with Gasteiger partial charge < -0.3 is 11.1 Å². The Bertz CT molecular complexity index is 356. The molecule has 0 radical (unpaired) electrons. The molecule has 17 heavy (non-hydrogen) atoms. The highest BCUT2D eigenvalue weighted by atomic mass is 32.1. The van der Waals surface area contributed by atoms with Gasteiger partial charge in [0.05, 0.1) is 13.1 Å². The third-order valence-corrected chi connectivity index (χ3v) is 4.03. The SMILES string of the molecule is CC1CN(CC(=O)NCc2cccs2)CC1N. The quantitative estimate of drug-likeness (QED) is 0.828. The number of carbonyl (C=O) groups excluding carboxylic acids is 1. The zero-order chi connectivity index (χ0) is 12.3. The fourth-order valence-corrected chi connectivity index (χ4v) is 2.73. The van der Waals surface area contributed by atoms with Crippen molar-refractivity contribution >= 4 is 17.2 Å². The maximum atomic E-state index is 11.7. The van der Waals surface area contributed by atoms with E-state index in [2.05, 4.69) is 17.1 Å². The molecule has 1 aromatic heterocycles. The van der Waals surface area contributed by atoms with Gasteiger partial charge in [0, 0.05) is 24.0 Å². The lowest BCUT2D eigenvalue weighted by Gasteiger charge is -2.14. The molecule has 2 rings (SSSR count). The van der Waals surface area contributed by atoms with Gasteiger partial charge in [-0.3, -0.25) is 9.69 Å². The molecule has 1 aliphatic rings. The number of nitrogens with one attached hydrogen (secondary N) is 1. The Kier molecular flexibility index (Phi) is 4.15. The average Bonchev–Trinajstić information content (AvgIpc) is 2.87. The van der Waals surface area contributed by atoms with Gasteiger partial charge in [-0.05, 0) is 17.4 Å². The maximum absolute atomic E-state index is 11.7. The Morgan fingerprint density at radius 2 is 2.47 bits per heavy atom. The van der Waals surface area contributed by atoms with Gasteiger partial charge in [0.2, 0.25) is 5.91 Å². The molecule has 94 valence electrons. The number of hydrogen-bond acceptors (Lipinski definition) is 4. The summed E-state index contributed by atoms with van der Waals surface area (Å²) in [6, 6.07) is 4.23. The van der Waals surface area contributed by atoms with Crippen LogP contribution in [0.1, 0.15) is 11.8 Å². The molecular weight excluding hydrogens is 234 g/mol. The summed E-state index contributed by atoms with van der Waals surface area (Å²) >= 11 is 1.66. The molecule has 4 nitrogen and oxygen atoms in total. The minimum Gasteiger partial charge on any atom is -0.350 e. The third kappa shape index (κ3) is 3.52. The summed E-state index contributed by atoms with van der Waals surface area (Å²) in [6.07, 6.45) is 0. The second-order valence-corrected chi connectivity index (χ2v) is 5.72. The maximum Gasteiger partial charge on any atom is 0.234 e. The smallest absolute Gasteiger partial charge is 0.234 e. The fourth-order valence-electron chi connectivity index (χ4n) is 2.08. The van der Waals surface area contributed by atoms with Crippen LogP contribution in [0.3, 0.4) is 0 Å². The summed E-state index contributed by atoms with van der Waals surface area (Å²) in [5.74, 6) is 0.569. The monoisotopic (exact) mass is 253 g/mol. The number of nitrogens with two attached hydrogens (primary N) is 1. The number of thiophene rings is 1. The van der Waals surface area contributed by atoms with Gasteiger partial charge >= 0.3 is 0 Å². The van der Waals surface area contributed by atoms with Crippen molar-refractivity contribution in [1.29, 1.82) is 0 Å². The van der Waals surface area contributed by atoms with Crippen LogP contribution in [0.25, 0.3) is 0 Å². The summed E-state index contributed by atoms with van der Waals surface area (Å²) in [4.78, 5) is 15.0. The normalized spacial score (nSPS) is 25.1. The molecule has 1 aromatic rings. The van der Waals surface area contributed by atoms with E-state index in [9.17, 15) is 4.79 Å². The van der Waals surface area contributed by atoms with E-state index in [1.165, 1.54) is 4.88 Å². The largest absolute Gasteiger partial charge is 0.350 e. The van der Waals surface area contributed by atoms with Gasteiger partial charge in [-0.25, -0.2) is 0 Å². The van der Waals surface area contributed by atoms with E-state index in [0.717, 1.165) is 13.1 Å². The molecule has 0 aromatic carbocycles. The highest BCUT2D eigenvalue weighted by Crippen LogP contribution is 2.13. The zero-order valence-electron chi connectivity index (χ0n) is 10.1. The van der Waals surface area contributed by atoms with Gasteiger partial charge in [-0.15, -0.1) is 11.3 Å². The van der Waals surface area contributed by atoms with E-state index >= 15 is 0 Å². The van der Waals surface area contributed by atoms with Crippen LogP contribution in [0.5, 0.6) is 0 Å². The molecule has 3 N–H and O–H groups in total. The molecule has 1 amide bonds. The number of carbonyl (C=O) groups is 1. The lowest BCUT2D eigenvalue weighted by Crippen LogP contribution is -2.36.